The lowest BCUT2D eigenvalue weighted by atomic mass is 10.3. The highest BCUT2D eigenvalue weighted by molar-refractivity contribution is 5.25. The van der Waals surface area contributed by atoms with Gasteiger partial charge in [-0.15, -0.1) is 0 Å². The van der Waals surface area contributed by atoms with Crippen LogP contribution in [0.3, 0.4) is 0 Å². The molecule has 0 bridgehead atoms. The summed E-state index contributed by atoms with van der Waals surface area (Å²) in [6.07, 6.45) is 1.51. The quantitative estimate of drug-likeness (QED) is 0.695. The van der Waals surface area contributed by atoms with Gasteiger partial charge in [0.1, 0.15) is 11.4 Å². The van der Waals surface area contributed by atoms with Crippen LogP contribution in [0.5, 0.6) is 5.75 Å². The standard InChI is InChI=1S/C8H10NO2/c1-2-11-8-4-3-5-9-7(8)6-10/h4-5,10H,2,6H2,1H3. The van der Waals surface area contributed by atoms with Gasteiger partial charge >= 0.3 is 0 Å². The van der Waals surface area contributed by atoms with Gasteiger partial charge < -0.3 is 9.84 Å². The monoisotopic (exact) mass is 152 g/mol. The van der Waals surface area contributed by atoms with Crippen LogP contribution in [0, 0.1) is 6.07 Å². The predicted octanol–water partition coefficient (Wildman–Crippen LogP) is 0.773. The van der Waals surface area contributed by atoms with Crippen LogP contribution < -0.4 is 4.74 Å². The van der Waals surface area contributed by atoms with Crippen LogP contribution in [0.1, 0.15) is 12.6 Å². The number of ether oxygens (including phenoxy) is 1. The normalized spacial score (nSPS) is 9.64. The lowest BCUT2D eigenvalue weighted by Gasteiger charge is -2.05. The molecule has 1 N–H and O–H groups in total. The Bertz CT molecular complexity index is 225. The Balaban J connectivity index is 2.83. The van der Waals surface area contributed by atoms with Gasteiger partial charge in [0.2, 0.25) is 0 Å². The van der Waals surface area contributed by atoms with Gasteiger partial charge in [-0.1, -0.05) is 0 Å². The van der Waals surface area contributed by atoms with Gasteiger partial charge in [-0.25, -0.2) is 0 Å². The number of nitrogens with zero attached hydrogens (tertiary/aromatic N) is 1. The molecule has 0 unspecified atom stereocenters. The van der Waals surface area contributed by atoms with E-state index in [-0.39, 0.29) is 6.61 Å². The Kier molecular flexibility index (Phi) is 2.86. The number of aliphatic hydroxyl groups excluding tert-OH is 1. The summed E-state index contributed by atoms with van der Waals surface area (Å²) >= 11 is 0. The Morgan fingerprint density at radius 2 is 2.55 bits per heavy atom. The number of hydrogen-bond donors (Lipinski definition) is 1. The van der Waals surface area contributed by atoms with Gasteiger partial charge in [-0.05, 0) is 13.0 Å². The molecule has 0 aliphatic carbocycles. The maximum Gasteiger partial charge on any atom is 0.143 e. The highest BCUT2D eigenvalue weighted by atomic mass is 16.5. The molecular formula is C8H10NO2. The van der Waals surface area contributed by atoms with Crippen molar-refractivity contribution in [2.75, 3.05) is 6.61 Å². The zero-order valence-corrected chi connectivity index (χ0v) is 6.37. The topological polar surface area (TPSA) is 42.4 Å². The second-order valence-corrected chi connectivity index (χ2v) is 1.97. The Labute approximate surface area is 65.7 Å². The summed E-state index contributed by atoms with van der Waals surface area (Å²) < 4.78 is 5.17. The molecule has 0 fully saturated rings. The Morgan fingerprint density at radius 1 is 1.73 bits per heavy atom. The molecule has 1 aromatic rings. The van der Waals surface area contributed by atoms with Crippen LogP contribution in [-0.4, -0.2) is 16.7 Å². The number of aromatic nitrogens is 1. The second kappa shape index (κ2) is 3.93. The van der Waals surface area contributed by atoms with E-state index in [0.29, 0.717) is 18.1 Å². The molecule has 0 atom stereocenters. The molecule has 1 heterocycles. The van der Waals surface area contributed by atoms with Crippen LogP contribution in [-0.2, 0) is 6.61 Å². The van der Waals surface area contributed by atoms with Crippen LogP contribution >= 0.6 is 0 Å². The van der Waals surface area contributed by atoms with E-state index in [1.54, 1.807) is 6.07 Å². The van der Waals surface area contributed by atoms with Crippen LogP contribution in [0.4, 0.5) is 0 Å². The minimum Gasteiger partial charge on any atom is -0.492 e. The highest BCUT2D eigenvalue weighted by Gasteiger charge is 2.00. The summed E-state index contributed by atoms with van der Waals surface area (Å²) in [5.41, 5.74) is 0.561. The van der Waals surface area contributed by atoms with Gasteiger partial charge in [0, 0.05) is 12.3 Å². The van der Waals surface area contributed by atoms with E-state index >= 15 is 0 Å². The fourth-order valence-corrected chi connectivity index (χ4v) is 0.774. The third-order valence-electron chi connectivity index (χ3n) is 1.24. The minimum atomic E-state index is -0.0932. The fraction of sp³-hybridized carbons (Fsp3) is 0.375. The van der Waals surface area contributed by atoms with Crippen LogP contribution in [0.25, 0.3) is 0 Å². The van der Waals surface area contributed by atoms with Crippen molar-refractivity contribution in [3.63, 3.8) is 0 Å². The summed E-state index contributed by atoms with van der Waals surface area (Å²) in [6, 6.07) is 4.44. The first-order chi connectivity index (χ1) is 5.38. The van der Waals surface area contributed by atoms with E-state index in [2.05, 4.69) is 11.1 Å². The SMILES string of the molecule is CCOc1c[c]cnc1CO. The summed E-state index contributed by atoms with van der Waals surface area (Å²) in [6.45, 7) is 2.37. The molecule has 0 saturated carbocycles. The largest absolute Gasteiger partial charge is 0.492 e. The van der Waals surface area contributed by atoms with Gasteiger partial charge in [0.15, 0.2) is 0 Å². The van der Waals surface area contributed by atoms with E-state index < -0.39 is 0 Å². The molecule has 3 heteroatoms. The summed E-state index contributed by atoms with van der Waals surface area (Å²) in [5.74, 6) is 0.609. The Morgan fingerprint density at radius 3 is 3.18 bits per heavy atom. The van der Waals surface area contributed by atoms with Crippen molar-refractivity contribution in [2.24, 2.45) is 0 Å². The molecule has 0 amide bonds. The minimum absolute atomic E-state index is 0.0932. The van der Waals surface area contributed by atoms with Gasteiger partial charge in [0.25, 0.3) is 0 Å². The summed E-state index contributed by atoms with van der Waals surface area (Å²) in [7, 11) is 0. The molecule has 0 saturated heterocycles. The van der Waals surface area contributed by atoms with Crippen molar-refractivity contribution < 1.29 is 9.84 Å². The molecule has 0 aliphatic heterocycles. The highest BCUT2D eigenvalue weighted by Crippen LogP contribution is 2.13. The summed E-state index contributed by atoms with van der Waals surface area (Å²) in [5, 5.41) is 8.79. The first-order valence-corrected chi connectivity index (χ1v) is 3.47. The van der Waals surface area contributed by atoms with Crippen molar-refractivity contribution in [3.05, 3.63) is 24.0 Å². The molecule has 0 spiro atoms. The van der Waals surface area contributed by atoms with E-state index in [1.165, 1.54) is 6.20 Å². The predicted molar refractivity (Wildman–Crippen MR) is 40.2 cm³/mol. The maximum absolute atomic E-state index is 8.79. The zero-order valence-electron chi connectivity index (χ0n) is 6.37. The summed E-state index contributed by atoms with van der Waals surface area (Å²) in [4.78, 5) is 3.89. The average molecular weight is 152 g/mol. The smallest absolute Gasteiger partial charge is 0.143 e. The number of hydrogen-bond acceptors (Lipinski definition) is 3. The zero-order chi connectivity index (χ0) is 8.10. The van der Waals surface area contributed by atoms with Crippen molar-refractivity contribution in [2.45, 2.75) is 13.5 Å². The number of pyridine rings is 1. The first kappa shape index (κ1) is 8.01. The third-order valence-corrected chi connectivity index (χ3v) is 1.24. The van der Waals surface area contributed by atoms with Crippen LogP contribution in [0.15, 0.2) is 12.3 Å². The average Bonchev–Trinajstić information content (AvgIpc) is 2.06. The first-order valence-electron chi connectivity index (χ1n) is 3.47. The lowest BCUT2D eigenvalue weighted by Crippen LogP contribution is -1.98. The van der Waals surface area contributed by atoms with Crippen molar-refractivity contribution in [1.82, 2.24) is 4.98 Å². The molecule has 1 radical (unpaired) electrons. The molecule has 59 valence electrons. The van der Waals surface area contributed by atoms with E-state index in [0.717, 1.165) is 0 Å². The molecule has 3 nitrogen and oxygen atoms in total. The third kappa shape index (κ3) is 1.91. The Hall–Kier alpha value is -1.09. The molecule has 0 aliphatic rings. The van der Waals surface area contributed by atoms with Gasteiger partial charge in [-0.3, -0.25) is 4.98 Å². The van der Waals surface area contributed by atoms with Gasteiger partial charge in [-0.2, -0.15) is 0 Å². The van der Waals surface area contributed by atoms with Crippen molar-refractivity contribution >= 4 is 0 Å². The van der Waals surface area contributed by atoms with Crippen LogP contribution in [0.2, 0.25) is 0 Å². The maximum atomic E-state index is 8.79. The molecular weight excluding hydrogens is 142 g/mol. The van der Waals surface area contributed by atoms with Crippen molar-refractivity contribution in [3.8, 4) is 5.75 Å². The van der Waals surface area contributed by atoms with Crippen molar-refractivity contribution in [1.29, 1.82) is 0 Å². The number of rotatable bonds is 3. The molecule has 0 aromatic carbocycles. The second-order valence-electron chi connectivity index (χ2n) is 1.97. The molecule has 1 aromatic heterocycles. The lowest BCUT2D eigenvalue weighted by molar-refractivity contribution is 0.261. The van der Waals surface area contributed by atoms with E-state index in [1.807, 2.05) is 6.92 Å². The molecule has 11 heavy (non-hydrogen) atoms. The fourth-order valence-electron chi connectivity index (χ4n) is 0.774. The van der Waals surface area contributed by atoms with Gasteiger partial charge in [0.05, 0.1) is 13.2 Å². The van der Waals surface area contributed by atoms with E-state index in [9.17, 15) is 0 Å². The number of aliphatic hydroxyl groups is 1. The van der Waals surface area contributed by atoms with E-state index in [4.69, 9.17) is 9.84 Å². The molecule has 1 rings (SSSR count).